The van der Waals surface area contributed by atoms with E-state index in [0.29, 0.717) is 19.0 Å². The molecule has 2 N–H and O–H groups in total. The number of benzene rings is 1. The standard InChI is InChI=1S/C14H22N2O/c1-3-12(2)9-15-11-14(17)16-10-13-7-5-4-6-8-13/h4-8,12,15H,3,9-11H2,1-2H3,(H,16,17). The fourth-order valence-corrected chi connectivity index (χ4v) is 1.44. The molecule has 1 unspecified atom stereocenters. The Balaban J connectivity index is 2.13. The van der Waals surface area contributed by atoms with Crippen molar-refractivity contribution in [3.63, 3.8) is 0 Å². The quantitative estimate of drug-likeness (QED) is 0.757. The molecule has 0 saturated heterocycles. The van der Waals surface area contributed by atoms with E-state index in [0.717, 1.165) is 18.5 Å². The molecule has 0 bridgehead atoms. The van der Waals surface area contributed by atoms with Crippen LogP contribution in [0.25, 0.3) is 0 Å². The number of nitrogens with one attached hydrogen (secondary N) is 2. The summed E-state index contributed by atoms with van der Waals surface area (Å²) in [5.74, 6) is 0.675. The van der Waals surface area contributed by atoms with E-state index in [1.807, 2.05) is 30.3 Å². The number of carbonyl (C=O) groups is 1. The van der Waals surface area contributed by atoms with Crippen molar-refractivity contribution in [2.45, 2.75) is 26.8 Å². The monoisotopic (exact) mass is 234 g/mol. The molecule has 1 atom stereocenters. The molecule has 0 saturated carbocycles. The summed E-state index contributed by atoms with van der Waals surface area (Å²) in [4.78, 5) is 11.5. The Morgan fingerprint density at radius 1 is 1.29 bits per heavy atom. The lowest BCUT2D eigenvalue weighted by Gasteiger charge is -2.10. The highest BCUT2D eigenvalue weighted by atomic mass is 16.1. The minimum absolute atomic E-state index is 0.0529. The van der Waals surface area contributed by atoms with E-state index in [1.54, 1.807) is 0 Å². The summed E-state index contributed by atoms with van der Waals surface area (Å²) in [6, 6.07) is 9.93. The maximum atomic E-state index is 11.5. The Labute approximate surface area is 104 Å². The van der Waals surface area contributed by atoms with E-state index in [-0.39, 0.29) is 5.91 Å². The van der Waals surface area contributed by atoms with Crippen LogP contribution in [0.4, 0.5) is 0 Å². The molecule has 0 aliphatic carbocycles. The highest BCUT2D eigenvalue weighted by molar-refractivity contribution is 5.77. The SMILES string of the molecule is CCC(C)CNCC(=O)NCc1ccccc1. The van der Waals surface area contributed by atoms with Crippen molar-refractivity contribution in [2.24, 2.45) is 5.92 Å². The molecule has 0 heterocycles. The lowest BCUT2D eigenvalue weighted by molar-refractivity contribution is -0.120. The summed E-state index contributed by atoms with van der Waals surface area (Å²) in [7, 11) is 0. The van der Waals surface area contributed by atoms with E-state index >= 15 is 0 Å². The van der Waals surface area contributed by atoms with Gasteiger partial charge in [-0.2, -0.15) is 0 Å². The highest BCUT2D eigenvalue weighted by Crippen LogP contribution is 1.97. The van der Waals surface area contributed by atoms with Crippen molar-refractivity contribution in [2.75, 3.05) is 13.1 Å². The predicted molar refractivity (Wildman–Crippen MR) is 70.6 cm³/mol. The van der Waals surface area contributed by atoms with Crippen molar-refractivity contribution in [3.8, 4) is 0 Å². The van der Waals surface area contributed by atoms with Crippen molar-refractivity contribution in [1.82, 2.24) is 10.6 Å². The van der Waals surface area contributed by atoms with E-state index < -0.39 is 0 Å². The minimum Gasteiger partial charge on any atom is -0.351 e. The van der Waals surface area contributed by atoms with Gasteiger partial charge in [-0.1, -0.05) is 50.6 Å². The highest BCUT2D eigenvalue weighted by Gasteiger charge is 2.02. The number of rotatable bonds is 7. The summed E-state index contributed by atoms with van der Waals surface area (Å²) >= 11 is 0. The summed E-state index contributed by atoms with van der Waals surface area (Å²) < 4.78 is 0. The van der Waals surface area contributed by atoms with Gasteiger partial charge in [-0.3, -0.25) is 4.79 Å². The van der Waals surface area contributed by atoms with Crippen molar-refractivity contribution in [1.29, 1.82) is 0 Å². The summed E-state index contributed by atoms with van der Waals surface area (Å²) in [6.45, 7) is 6.23. The second kappa shape index (κ2) is 7.85. The first kappa shape index (κ1) is 13.7. The molecular weight excluding hydrogens is 212 g/mol. The van der Waals surface area contributed by atoms with Gasteiger partial charge in [0.25, 0.3) is 0 Å². The first-order chi connectivity index (χ1) is 8.22. The predicted octanol–water partition coefficient (Wildman–Crippen LogP) is 1.94. The van der Waals surface area contributed by atoms with Gasteiger partial charge in [-0.25, -0.2) is 0 Å². The Hall–Kier alpha value is -1.35. The van der Waals surface area contributed by atoms with Gasteiger partial charge in [-0.05, 0) is 18.0 Å². The van der Waals surface area contributed by atoms with Gasteiger partial charge in [-0.15, -0.1) is 0 Å². The summed E-state index contributed by atoms with van der Waals surface area (Å²) in [6.07, 6.45) is 1.14. The van der Waals surface area contributed by atoms with Crippen LogP contribution >= 0.6 is 0 Å². The molecule has 0 aliphatic rings. The second-order valence-electron chi connectivity index (χ2n) is 4.41. The van der Waals surface area contributed by atoms with E-state index in [9.17, 15) is 4.79 Å². The lowest BCUT2D eigenvalue weighted by atomic mass is 10.1. The number of hydrogen-bond donors (Lipinski definition) is 2. The van der Waals surface area contributed by atoms with Crippen LogP contribution in [-0.2, 0) is 11.3 Å². The Kier molecular flexibility index (Phi) is 6.33. The molecule has 3 nitrogen and oxygen atoms in total. The normalized spacial score (nSPS) is 12.1. The Morgan fingerprint density at radius 3 is 2.65 bits per heavy atom. The molecule has 1 aromatic carbocycles. The number of carbonyl (C=O) groups excluding carboxylic acids is 1. The molecule has 1 amide bonds. The maximum absolute atomic E-state index is 11.5. The molecule has 94 valence electrons. The topological polar surface area (TPSA) is 41.1 Å². The van der Waals surface area contributed by atoms with E-state index in [4.69, 9.17) is 0 Å². The van der Waals surface area contributed by atoms with Crippen molar-refractivity contribution >= 4 is 5.91 Å². The summed E-state index contributed by atoms with van der Waals surface area (Å²) in [5, 5.41) is 6.05. The third-order valence-electron chi connectivity index (χ3n) is 2.81. The van der Waals surface area contributed by atoms with Crippen molar-refractivity contribution < 1.29 is 4.79 Å². The van der Waals surface area contributed by atoms with Crippen LogP contribution in [-0.4, -0.2) is 19.0 Å². The molecule has 1 aromatic rings. The molecule has 0 aliphatic heterocycles. The molecule has 0 aromatic heterocycles. The fraction of sp³-hybridized carbons (Fsp3) is 0.500. The third-order valence-corrected chi connectivity index (χ3v) is 2.81. The van der Waals surface area contributed by atoms with Gasteiger partial charge in [0, 0.05) is 6.54 Å². The molecule has 0 fully saturated rings. The number of hydrogen-bond acceptors (Lipinski definition) is 2. The van der Waals surface area contributed by atoms with Gasteiger partial charge < -0.3 is 10.6 Å². The molecule has 1 rings (SSSR count). The molecule has 17 heavy (non-hydrogen) atoms. The van der Waals surface area contributed by atoms with Crippen LogP contribution in [0.2, 0.25) is 0 Å². The van der Waals surface area contributed by atoms with E-state index in [2.05, 4.69) is 24.5 Å². The Morgan fingerprint density at radius 2 is 2.00 bits per heavy atom. The van der Waals surface area contributed by atoms with Crippen LogP contribution in [0.15, 0.2) is 30.3 Å². The van der Waals surface area contributed by atoms with Gasteiger partial charge in [0.05, 0.1) is 6.54 Å². The van der Waals surface area contributed by atoms with Crippen LogP contribution < -0.4 is 10.6 Å². The van der Waals surface area contributed by atoms with Gasteiger partial charge in [0.15, 0.2) is 0 Å². The van der Waals surface area contributed by atoms with E-state index in [1.165, 1.54) is 0 Å². The fourth-order valence-electron chi connectivity index (χ4n) is 1.44. The molecule has 0 spiro atoms. The van der Waals surface area contributed by atoms with Crippen LogP contribution in [0, 0.1) is 5.92 Å². The first-order valence-electron chi connectivity index (χ1n) is 6.23. The zero-order valence-electron chi connectivity index (χ0n) is 10.7. The van der Waals surface area contributed by atoms with Crippen LogP contribution in [0.5, 0.6) is 0 Å². The minimum atomic E-state index is 0.0529. The molecular formula is C14H22N2O. The average molecular weight is 234 g/mol. The van der Waals surface area contributed by atoms with Gasteiger partial charge in [0.1, 0.15) is 0 Å². The lowest BCUT2D eigenvalue weighted by Crippen LogP contribution is -2.35. The smallest absolute Gasteiger partial charge is 0.234 e. The summed E-state index contributed by atoms with van der Waals surface area (Å²) in [5.41, 5.74) is 1.13. The first-order valence-corrected chi connectivity index (χ1v) is 6.23. The largest absolute Gasteiger partial charge is 0.351 e. The maximum Gasteiger partial charge on any atom is 0.234 e. The van der Waals surface area contributed by atoms with Gasteiger partial charge >= 0.3 is 0 Å². The van der Waals surface area contributed by atoms with Gasteiger partial charge in [0.2, 0.25) is 5.91 Å². The van der Waals surface area contributed by atoms with Crippen LogP contribution in [0.3, 0.4) is 0 Å². The Bertz CT molecular complexity index is 324. The number of amides is 1. The molecule has 3 heteroatoms. The zero-order chi connectivity index (χ0) is 12.5. The zero-order valence-corrected chi connectivity index (χ0v) is 10.7. The van der Waals surface area contributed by atoms with Crippen molar-refractivity contribution in [3.05, 3.63) is 35.9 Å². The average Bonchev–Trinajstić information content (AvgIpc) is 2.37. The molecule has 0 radical (unpaired) electrons. The van der Waals surface area contributed by atoms with Crippen LogP contribution in [0.1, 0.15) is 25.8 Å². The third kappa shape index (κ3) is 6.07. The second-order valence-corrected chi connectivity index (χ2v) is 4.41.